The molecule has 0 fully saturated rings. The number of rotatable bonds is 7. The number of anilines is 1. The molecule has 3 rings (SSSR count). The second kappa shape index (κ2) is 9.49. The lowest BCUT2D eigenvalue weighted by molar-refractivity contribution is 0.102. The van der Waals surface area contributed by atoms with Crippen molar-refractivity contribution in [2.24, 2.45) is 0 Å². The number of carbonyl (C=O) groups is 1. The first-order chi connectivity index (χ1) is 13.5. The van der Waals surface area contributed by atoms with Gasteiger partial charge >= 0.3 is 0 Å². The van der Waals surface area contributed by atoms with Gasteiger partial charge in [-0.05, 0) is 73.7 Å². The molecule has 6 heteroatoms. The molecule has 28 heavy (non-hydrogen) atoms. The smallest absolute Gasteiger partial charge is 0.255 e. The molecule has 0 radical (unpaired) electrons. The van der Waals surface area contributed by atoms with Gasteiger partial charge in [-0.3, -0.25) is 4.79 Å². The third-order valence-corrected chi connectivity index (χ3v) is 4.44. The molecular formula is C22H19Cl2NO3. The number of halogens is 2. The van der Waals surface area contributed by atoms with E-state index in [0.29, 0.717) is 39.4 Å². The predicted molar refractivity (Wildman–Crippen MR) is 113 cm³/mol. The summed E-state index contributed by atoms with van der Waals surface area (Å²) >= 11 is 11.8. The van der Waals surface area contributed by atoms with E-state index in [4.69, 9.17) is 32.7 Å². The van der Waals surface area contributed by atoms with Crippen LogP contribution in [0.5, 0.6) is 11.5 Å². The third kappa shape index (κ3) is 5.41. The maximum atomic E-state index is 12.6. The van der Waals surface area contributed by atoms with Gasteiger partial charge in [-0.15, -0.1) is 0 Å². The van der Waals surface area contributed by atoms with Crippen LogP contribution in [0.3, 0.4) is 0 Å². The van der Waals surface area contributed by atoms with Crippen LogP contribution < -0.4 is 14.8 Å². The number of nitrogens with one attached hydrogen (secondary N) is 1. The second-order valence-corrected chi connectivity index (χ2v) is 6.83. The molecule has 3 aromatic carbocycles. The summed E-state index contributed by atoms with van der Waals surface area (Å²) in [5.41, 5.74) is 1.95. The Kier molecular flexibility index (Phi) is 6.80. The Morgan fingerprint density at radius 1 is 0.893 bits per heavy atom. The van der Waals surface area contributed by atoms with Gasteiger partial charge in [0.1, 0.15) is 18.1 Å². The van der Waals surface area contributed by atoms with E-state index >= 15 is 0 Å². The molecule has 3 aromatic rings. The minimum absolute atomic E-state index is 0.224. The molecule has 0 aliphatic heterocycles. The zero-order valence-corrected chi connectivity index (χ0v) is 16.8. The zero-order valence-electron chi connectivity index (χ0n) is 15.2. The van der Waals surface area contributed by atoms with Crippen molar-refractivity contribution in [1.29, 1.82) is 0 Å². The molecule has 1 amide bonds. The molecule has 0 aromatic heterocycles. The standard InChI is InChI=1S/C22H19Cl2NO3/c1-2-27-21-12-3-15(22(26)25-19-8-4-17(23)5-9-19)13-16(21)14-28-20-10-6-18(24)7-11-20/h3-13H,2,14H2,1H3,(H,25,26). The fourth-order valence-electron chi connectivity index (χ4n) is 2.56. The molecule has 0 unspecified atom stereocenters. The number of ether oxygens (including phenoxy) is 2. The van der Waals surface area contributed by atoms with Crippen LogP contribution in [0.4, 0.5) is 5.69 Å². The van der Waals surface area contributed by atoms with Gasteiger partial charge in [0, 0.05) is 26.9 Å². The van der Waals surface area contributed by atoms with Gasteiger partial charge < -0.3 is 14.8 Å². The SMILES string of the molecule is CCOc1ccc(C(=O)Nc2ccc(Cl)cc2)cc1COc1ccc(Cl)cc1. The maximum Gasteiger partial charge on any atom is 0.255 e. The van der Waals surface area contributed by atoms with Crippen LogP contribution in [-0.4, -0.2) is 12.5 Å². The highest BCUT2D eigenvalue weighted by Gasteiger charge is 2.12. The Morgan fingerprint density at radius 3 is 2.18 bits per heavy atom. The quantitative estimate of drug-likeness (QED) is 0.497. The van der Waals surface area contributed by atoms with Gasteiger partial charge in [0.15, 0.2) is 0 Å². The van der Waals surface area contributed by atoms with Crippen molar-refractivity contribution >= 4 is 34.8 Å². The van der Waals surface area contributed by atoms with Crippen LogP contribution >= 0.6 is 23.2 Å². The fraction of sp³-hybridized carbons (Fsp3) is 0.136. The Hall–Kier alpha value is -2.69. The predicted octanol–water partition coefficient (Wildman–Crippen LogP) is 6.22. The van der Waals surface area contributed by atoms with E-state index in [1.165, 1.54) is 0 Å². The van der Waals surface area contributed by atoms with Crippen molar-refractivity contribution in [3.8, 4) is 11.5 Å². The monoisotopic (exact) mass is 415 g/mol. The van der Waals surface area contributed by atoms with E-state index in [0.717, 1.165) is 5.56 Å². The summed E-state index contributed by atoms with van der Waals surface area (Å²) < 4.78 is 11.5. The lowest BCUT2D eigenvalue weighted by Crippen LogP contribution is -2.13. The summed E-state index contributed by atoms with van der Waals surface area (Å²) in [5, 5.41) is 4.10. The molecule has 0 saturated heterocycles. The Balaban J connectivity index is 1.76. The van der Waals surface area contributed by atoms with E-state index < -0.39 is 0 Å². The van der Waals surface area contributed by atoms with Crippen molar-refractivity contribution in [3.05, 3.63) is 87.9 Å². The van der Waals surface area contributed by atoms with Crippen molar-refractivity contribution in [2.75, 3.05) is 11.9 Å². The zero-order chi connectivity index (χ0) is 19.9. The summed E-state index contributed by atoms with van der Waals surface area (Å²) in [4.78, 5) is 12.6. The molecule has 0 heterocycles. The third-order valence-electron chi connectivity index (χ3n) is 3.93. The molecule has 4 nitrogen and oxygen atoms in total. The molecular weight excluding hydrogens is 397 g/mol. The number of carbonyl (C=O) groups excluding carboxylic acids is 1. The molecule has 1 N–H and O–H groups in total. The highest BCUT2D eigenvalue weighted by atomic mass is 35.5. The molecule has 0 aliphatic rings. The van der Waals surface area contributed by atoms with Gasteiger partial charge in [0.25, 0.3) is 5.91 Å². The van der Waals surface area contributed by atoms with E-state index in [1.807, 2.05) is 6.92 Å². The normalized spacial score (nSPS) is 10.4. The first-order valence-corrected chi connectivity index (χ1v) is 9.52. The topological polar surface area (TPSA) is 47.6 Å². The maximum absolute atomic E-state index is 12.6. The molecule has 0 atom stereocenters. The average Bonchev–Trinajstić information content (AvgIpc) is 2.70. The van der Waals surface area contributed by atoms with Crippen LogP contribution in [0, 0.1) is 0 Å². The van der Waals surface area contributed by atoms with Crippen molar-refractivity contribution in [1.82, 2.24) is 0 Å². The highest BCUT2D eigenvalue weighted by Crippen LogP contribution is 2.24. The summed E-state index contributed by atoms with van der Waals surface area (Å²) in [7, 11) is 0. The first-order valence-electron chi connectivity index (χ1n) is 8.76. The van der Waals surface area contributed by atoms with Crippen molar-refractivity contribution in [3.63, 3.8) is 0 Å². The number of hydrogen-bond acceptors (Lipinski definition) is 3. The van der Waals surface area contributed by atoms with Crippen LogP contribution in [0.15, 0.2) is 66.7 Å². The Bertz CT molecular complexity index is 941. The number of benzene rings is 3. The lowest BCUT2D eigenvalue weighted by Gasteiger charge is -2.13. The minimum atomic E-state index is -0.224. The first kappa shape index (κ1) is 20.1. The van der Waals surface area contributed by atoms with E-state index in [9.17, 15) is 4.79 Å². The van der Waals surface area contributed by atoms with E-state index in [-0.39, 0.29) is 12.5 Å². The molecule has 0 spiro atoms. The van der Waals surface area contributed by atoms with Gasteiger partial charge in [0.2, 0.25) is 0 Å². The minimum Gasteiger partial charge on any atom is -0.493 e. The summed E-state index contributed by atoms with van der Waals surface area (Å²) in [6.45, 7) is 2.69. The van der Waals surface area contributed by atoms with Gasteiger partial charge in [0.05, 0.1) is 6.61 Å². The highest BCUT2D eigenvalue weighted by molar-refractivity contribution is 6.30. The second-order valence-electron chi connectivity index (χ2n) is 5.96. The van der Waals surface area contributed by atoms with Crippen LogP contribution in [-0.2, 0) is 6.61 Å². The van der Waals surface area contributed by atoms with Gasteiger partial charge in [-0.2, -0.15) is 0 Å². The van der Waals surface area contributed by atoms with Crippen molar-refractivity contribution in [2.45, 2.75) is 13.5 Å². The molecule has 144 valence electrons. The fourth-order valence-corrected chi connectivity index (χ4v) is 2.81. The van der Waals surface area contributed by atoms with Crippen LogP contribution in [0.1, 0.15) is 22.8 Å². The van der Waals surface area contributed by atoms with Gasteiger partial charge in [-0.25, -0.2) is 0 Å². The van der Waals surface area contributed by atoms with Crippen LogP contribution in [0.25, 0.3) is 0 Å². The average molecular weight is 416 g/mol. The molecule has 0 bridgehead atoms. The van der Waals surface area contributed by atoms with Crippen molar-refractivity contribution < 1.29 is 14.3 Å². The largest absolute Gasteiger partial charge is 0.493 e. The Labute approximate surface area is 174 Å². The summed E-state index contributed by atoms with van der Waals surface area (Å²) in [6, 6.07) is 19.3. The van der Waals surface area contributed by atoms with Crippen LogP contribution in [0.2, 0.25) is 10.0 Å². The molecule has 0 saturated carbocycles. The Morgan fingerprint density at radius 2 is 1.54 bits per heavy atom. The number of hydrogen-bond donors (Lipinski definition) is 1. The van der Waals surface area contributed by atoms with E-state index in [1.54, 1.807) is 66.7 Å². The lowest BCUT2D eigenvalue weighted by atomic mass is 10.1. The summed E-state index contributed by atoms with van der Waals surface area (Å²) in [6.07, 6.45) is 0. The van der Waals surface area contributed by atoms with E-state index in [2.05, 4.69) is 5.32 Å². The summed E-state index contributed by atoms with van der Waals surface area (Å²) in [5.74, 6) is 1.14. The van der Waals surface area contributed by atoms with Gasteiger partial charge in [-0.1, -0.05) is 23.2 Å². The number of amides is 1. The molecule has 0 aliphatic carbocycles.